The van der Waals surface area contributed by atoms with Crippen molar-refractivity contribution in [3.63, 3.8) is 0 Å². The Bertz CT molecular complexity index is 987. The smallest absolute Gasteiger partial charge is 0.330 e. The third kappa shape index (κ3) is 3.50. The Balaban J connectivity index is 1.99. The van der Waals surface area contributed by atoms with E-state index in [4.69, 9.17) is 5.73 Å². The molecule has 26 heavy (non-hydrogen) atoms. The highest BCUT2D eigenvalue weighted by molar-refractivity contribution is 7.18. The fourth-order valence-corrected chi connectivity index (χ4v) is 3.90. The minimum Gasteiger partial charge on any atom is -0.383 e. The molecule has 3 rings (SSSR count). The number of aromatic amines is 1. The van der Waals surface area contributed by atoms with Gasteiger partial charge in [0.05, 0.1) is 16.8 Å². The molecule has 3 N–H and O–H groups in total. The number of unbranched alkanes of at least 4 members (excludes halogenated alkanes) is 1. The molecular weight excluding hydrogens is 350 g/mol. The van der Waals surface area contributed by atoms with Crippen LogP contribution in [0.1, 0.15) is 31.7 Å². The zero-order valence-electron chi connectivity index (χ0n) is 15.0. The number of aromatic nitrogens is 3. The standard InChI is InChI=1S/C18H23N5O2S/c1-3-5-10-23-16(19)15(17(24)21-18(23)25)22(4-2)11-14-20-12-8-6-7-9-13(12)26-14/h6-9H,3-5,10-11,19H2,1-2H3,(H,21,24,25). The number of H-pyrrole nitrogens is 1. The minimum absolute atomic E-state index is 0.218. The second kappa shape index (κ2) is 7.74. The van der Waals surface area contributed by atoms with Gasteiger partial charge in [0.2, 0.25) is 0 Å². The van der Waals surface area contributed by atoms with Crippen LogP contribution in [0.15, 0.2) is 33.9 Å². The van der Waals surface area contributed by atoms with Crippen molar-refractivity contribution >= 4 is 33.1 Å². The molecule has 0 atom stereocenters. The fraction of sp³-hybridized carbons (Fsp3) is 0.389. The van der Waals surface area contributed by atoms with Crippen LogP contribution < -0.4 is 21.9 Å². The Kier molecular flexibility index (Phi) is 5.41. The minimum atomic E-state index is -0.458. The molecule has 2 heterocycles. The summed E-state index contributed by atoms with van der Waals surface area (Å²) in [5, 5.41) is 0.901. The van der Waals surface area contributed by atoms with Gasteiger partial charge in [0, 0.05) is 13.1 Å². The second-order valence-electron chi connectivity index (χ2n) is 6.09. The predicted molar refractivity (Wildman–Crippen MR) is 107 cm³/mol. The Morgan fingerprint density at radius 2 is 2.04 bits per heavy atom. The number of para-hydroxylation sites is 1. The van der Waals surface area contributed by atoms with Gasteiger partial charge in [0.1, 0.15) is 16.5 Å². The Morgan fingerprint density at radius 1 is 1.27 bits per heavy atom. The SMILES string of the molecule is CCCCn1c(N)c(N(CC)Cc2nc3ccccc3s2)c(=O)[nH]c1=O. The number of fused-ring (bicyclic) bond motifs is 1. The van der Waals surface area contributed by atoms with Crippen LogP contribution in [-0.2, 0) is 13.1 Å². The first-order valence-corrected chi connectivity index (χ1v) is 9.58. The summed E-state index contributed by atoms with van der Waals surface area (Å²) in [6, 6.07) is 7.93. The van der Waals surface area contributed by atoms with Gasteiger partial charge < -0.3 is 10.6 Å². The number of hydrogen-bond donors (Lipinski definition) is 2. The van der Waals surface area contributed by atoms with E-state index in [2.05, 4.69) is 9.97 Å². The molecule has 0 radical (unpaired) electrons. The quantitative estimate of drug-likeness (QED) is 0.663. The van der Waals surface area contributed by atoms with E-state index in [9.17, 15) is 9.59 Å². The van der Waals surface area contributed by atoms with E-state index >= 15 is 0 Å². The number of benzene rings is 1. The van der Waals surface area contributed by atoms with Gasteiger partial charge in [-0.15, -0.1) is 11.3 Å². The summed E-state index contributed by atoms with van der Waals surface area (Å²) in [5.41, 5.74) is 6.58. The van der Waals surface area contributed by atoms with E-state index in [1.165, 1.54) is 4.57 Å². The molecule has 0 aliphatic carbocycles. The van der Waals surface area contributed by atoms with Crippen LogP contribution in [0, 0.1) is 0 Å². The maximum Gasteiger partial charge on any atom is 0.330 e. The van der Waals surface area contributed by atoms with E-state index in [0.717, 1.165) is 28.1 Å². The molecule has 0 aliphatic rings. The van der Waals surface area contributed by atoms with E-state index in [1.807, 2.05) is 43.0 Å². The molecule has 1 aromatic carbocycles. The number of rotatable bonds is 7. The Morgan fingerprint density at radius 3 is 2.73 bits per heavy atom. The lowest BCUT2D eigenvalue weighted by atomic mass is 10.3. The van der Waals surface area contributed by atoms with Crippen LogP contribution in [0.3, 0.4) is 0 Å². The molecule has 3 aromatic rings. The van der Waals surface area contributed by atoms with Gasteiger partial charge in [-0.05, 0) is 25.5 Å². The van der Waals surface area contributed by atoms with Crippen molar-refractivity contribution in [3.8, 4) is 0 Å². The van der Waals surface area contributed by atoms with Crippen LogP contribution in [-0.4, -0.2) is 21.1 Å². The molecule has 0 saturated carbocycles. The lowest BCUT2D eigenvalue weighted by Crippen LogP contribution is -2.38. The van der Waals surface area contributed by atoms with Crippen LogP contribution in [0.5, 0.6) is 0 Å². The molecule has 138 valence electrons. The molecule has 0 unspecified atom stereocenters. The number of nitrogens with one attached hydrogen (secondary N) is 1. The van der Waals surface area contributed by atoms with E-state index in [-0.39, 0.29) is 5.82 Å². The summed E-state index contributed by atoms with van der Waals surface area (Å²) in [4.78, 5) is 33.4. The summed E-state index contributed by atoms with van der Waals surface area (Å²) in [5.74, 6) is 0.218. The molecule has 0 amide bonds. The fourth-order valence-electron chi connectivity index (χ4n) is 2.92. The first-order valence-electron chi connectivity index (χ1n) is 8.77. The first-order chi connectivity index (χ1) is 12.5. The van der Waals surface area contributed by atoms with Gasteiger partial charge in [-0.25, -0.2) is 9.78 Å². The lowest BCUT2D eigenvalue weighted by molar-refractivity contribution is 0.602. The lowest BCUT2D eigenvalue weighted by Gasteiger charge is -2.23. The molecule has 8 heteroatoms. The number of nitrogens with two attached hydrogens (primary N) is 1. The topological polar surface area (TPSA) is 97.0 Å². The Labute approximate surface area is 155 Å². The average molecular weight is 373 g/mol. The summed E-state index contributed by atoms with van der Waals surface area (Å²) < 4.78 is 2.55. The van der Waals surface area contributed by atoms with Crippen LogP contribution in [0.4, 0.5) is 11.5 Å². The summed E-state index contributed by atoms with van der Waals surface area (Å²) >= 11 is 1.59. The largest absolute Gasteiger partial charge is 0.383 e. The van der Waals surface area contributed by atoms with Crippen molar-refractivity contribution < 1.29 is 0 Å². The molecule has 0 saturated heterocycles. The van der Waals surface area contributed by atoms with Gasteiger partial charge in [0.25, 0.3) is 5.56 Å². The zero-order chi connectivity index (χ0) is 18.7. The highest BCUT2D eigenvalue weighted by atomic mass is 32.1. The number of nitrogens with zero attached hydrogens (tertiary/aromatic N) is 3. The normalized spacial score (nSPS) is 11.2. The monoisotopic (exact) mass is 373 g/mol. The van der Waals surface area contributed by atoms with Gasteiger partial charge in [0.15, 0.2) is 0 Å². The number of hydrogen-bond acceptors (Lipinski definition) is 6. The van der Waals surface area contributed by atoms with Crippen molar-refractivity contribution in [2.45, 2.75) is 39.8 Å². The maximum absolute atomic E-state index is 12.4. The molecule has 7 nitrogen and oxygen atoms in total. The van der Waals surface area contributed by atoms with Crippen molar-refractivity contribution in [3.05, 3.63) is 50.1 Å². The van der Waals surface area contributed by atoms with Crippen LogP contribution >= 0.6 is 11.3 Å². The summed E-state index contributed by atoms with van der Waals surface area (Å²) in [6.45, 7) is 5.53. The second-order valence-corrected chi connectivity index (χ2v) is 7.20. The van der Waals surface area contributed by atoms with Crippen molar-refractivity contribution in [1.82, 2.24) is 14.5 Å². The van der Waals surface area contributed by atoms with Gasteiger partial charge in [-0.1, -0.05) is 25.5 Å². The molecule has 0 bridgehead atoms. The van der Waals surface area contributed by atoms with E-state index in [1.54, 1.807) is 11.3 Å². The number of thiazole rings is 1. The molecule has 2 aromatic heterocycles. The molecule has 0 fully saturated rings. The summed E-state index contributed by atoms with van der Waals surface area (Å²) in [7, 11) is 0. The van der Waals surface area contributed by atoms with Crippen LogP contribution in [0.25, 0.3) is 10.2 Å². The number of anilines is 2. The Hall–Kier alpha value is -2.61. The molecular formula is C18H23N5O2S. The van der Waals surface area contributed by atoms with Crippen molar-refractivity contribution in [2.75, 3.05) is 17.2 Å². The molecule has 0 aliphatic heterocycles. The van der Waals surface area contributed by atoms with Crippen LogP contribution in [0.2, 0.25) is 0 Å². The molecule has 0 spiro atoms. The van der Waals surface area contributed by atoms with Crippen molar-refractivity contribution in [2.24, 2.45) is 0 Å². The zero-order valence-corrected chi connectivity index (χ0v) is 15.8. The van der Waals surface area contributed by atoms with Crippen molar-refractivity contribution in [1.29, 1.82) is 0 Å². The van der Waals surface area contributed by atoms with Gasteiger partial charge in [-0.2, -0.15) is 0 Å². The number of nitrogen functional groups attached to an aromatic ring is 1. The third-order valence-electron chi connectivity index (χ3n) is 4.31. The highest BCUT2D eigenvalue weighted by Gasteiger charge is 2.19. The maximum atomic E-state index is 12.4. The highest BCUT2D eigenvalue weighted by Crippen LogP contribution is 2.25. The van der Waals surface area contributed by atoms with E-state index in [0.29, 0.717) is 25.3 Å². The van der Waals surface area contributed by atoms with Gasteiger partial charge >= 0.3 is 5.69 Å². The first kappa shape index (κ1) is 18.2. The average Bonchev–Trinajstić information content (AvgIpc) is 3.02. The summed E-state index contributed by atoms with van der Waals surface area (Å²) in [6.07, 6.45) is 1.75. The predicted octanol–water partition coefficient (Wildman–Crippen LogP) is 2.56. The van der Waals surface area contributed by atoms with E-state index < -0.39 is 11.2 Å². The van der Waals surface area contributed by atoms with Gasteiger partial charge in [-0.3, -0.25) is 14.3 Å². The third-order valence-corrected chi connectivity index (χ3v) is 5.33.